The fraction of sp³-hybridized carbons (Fsp3) is 0.239. The zero-order chi connectivity index (χ0) is 71.1. The molecule has 103 heavy (non-hydrogen) atoms. The van der Waals surface area contributed by atoms with Gasteiger partial charge in [0, 0.05) is 57.9 Å². The van der Waals surface area contributed by atoms with E-state index in [1.165, 1.54) is 4.90 Å². The van der Waals surface area contributed by atoms with Crippen LogP contribution in [-0.2, 0) is 95.1 Å². The number of nitrogens with zero attached hydrogens (tertiary/aromatic N) is 15. The lowest BCUT2D eigenvalue weighted by Crippen LogP contribution is -2.35. The van der Waals surface area contributed by atoms with Crippen LogP contribution in [0.15, 0.2) is 189 Å². The van der Waals surface area contributed by atoms with Crippen LogP contribution in [-0.4, -0.2) is 149 Å². The summed E-state index contributed by atoms with van der Waals surface area (Å²) in [4.78, 5) is 73.7. The topological polar surface area (TPSA) is 351 Å². The van der Waals surface area contributed by atoms with E-state index in [9.17, 15) is 28.6 Å². The lowest BCUT2D eigenvalue weighted by Gasteiger charge is -2.21. The van der Waals surface area contributed by atoms with Gasteiger partial charge in [0.15, 0.2) is 0 Å². The Morgan fingerprint density at radius 2 is 0.777 bits per heavy atom. The van der Waals surface area contributed by atoms with Crippen molar-refractivity contribution in [1.29, 1.82) is 0 Å². The van der Waals surface area contributed by atoms with Crippen LogP contribution in [0.4, 0.5) is 31.4 Å². The molecule has 11 aromatic rings. The van der Waals surface area contributed by atoms with Crippen LogP contribution in [0.3, 0.4) is 0 Å². The lowest BCUT2D eigenvalue weighted by atomic mass is 10.0. The number of hydrogen-bond donors (Lipinski definition) is 3. The molecule has 3 amide bonds. The van der Waals surface area contributed by atoms with E-state index in [1.54, 1.807) is 55.7 Å². The van der Waals surface area contributed by atoms with Crippen LogP contribution >= 0.6 is 15.6 Å². The molecule has 17 rings (SSSR count). The molecule has 3 N–H and O–H groups in total. The molecule has 0 saturated carbocycles. The summed E-state index contributed by atoms with van der Waals surface area (Å²) in [6.07, 6.45) is 8.82. The number of aryl methyl sites for hydroxylation is 3. The molecule has 0 radical (unpaired) electrons. The van der Waals surface area contributed by atoms with Crippen molar-refractivity contribution in [2.24, 2.45) is 21.1 Å². The van der Waals surface area contributed by atoms with Crippen molar-refractivity contribution >= 4 is 51.0 Å². The molecule has 5 aromatic carbocycles. The van der Waals surface area contributed by atoms with Gasteiger partial charge in [0.05, 0.1) is 104 Å². The number of cyclic esters (lactones) is 3. The quantitative estimate of drug-likeness (QED) is 0.0500. The van der Waals surface area contributed by atoms with Crippen LogP contribution in [0.5, 0.6) is 0 Å². The number of carbonyl (C=O) groups excluding carboxylic acids is 3. The minimum absolute atomic E-state index is 0. The molecule has 0 bridgehead atoms. The largest absolute Gasteiger partial charge is 0.475 e. The summed E-state index contributed by atoms with van der Waals surface area (Å²) in [5.74, 6) is 0. The van der Waals surface area contributed by atoms with E-state index in [0.717, 1.165) is 112 Å². The molecule has 6 aliphatic heterocycles. The predicted molar refractivity (Wildman–Crippen MR) is 373 cm³/mol. The van der Waals surface area contributed by atoms with Crippen LogP contribution in [0.2, 0.25) is 0 Å². The molecule has 6 aliphatic rings. The Labute approximate surface area is 589 Å². The van der Waals surface area contributed by atoms with Gasteiger partial charge in [0.2, 0.25) is 0 Å². The first kappa shape index (κ1) is 67.8. The van der Waals surface area contributed by atoms with E-state index in [4.69, 9.17) is 37.6 Å². The summed E-state index contributed by atoms with van der Waals surface area (Å²) in [5.41, 5.74) is 17.7. The molecule has 0 spiro atoms. The highest BCUT2D eigenvalue weighted by atomic mass is 31.2. The van der Waals surface area contributed by atoms with Gasteiger partial charge in [-0.15, -0.1) is 15.3 Å². The maximum atomic E-state index is 13.8. The van der Waals surface area contributed by atoms with Crippen molar-refractivity contribution in [2.75, 3.05) is 34.5 Å². The summed E-state index contributed by atoms with van der Waals surface area (Å²) in [6.45, 7) is -0.608. The van der Waals surface area contributed by atoms with Gasteiger partial charge in [-0.25, -0.2) is 37.6 Å². The van der Waals surface area contributed by atoms with Crippen LogP contribution < -0.4 is 14.7 Å². The van der Waals surface area contributed by atoms with Gasteiger partial charge in [0.1, 0.15) is 35.4 Å². The van der Waals surface area contributed by atoms with E-state index in [2.05, 4.69) is 62.5 Å². The summed E-state index contributed by atoms with van der Waals surface area (Å²) in [5, 5.41) is 32.9. The maximum absolute atomic E-state index is 13.8. The highest BCUT2D eigenvalue weighted by Gasteiger charge is 2.51. The highest BCUT2D eigenvalue weighted by Crippen LogP contribution is 2.53. The summed E-state index contributed by atoms with van der Waals surface area (Å²) < 4.78 is 67.8. The van der Waals surface area contributed by atoms with E-state index in [-0.39, 0.29) is 58.7 Å². The van der Waals surface area contributed by atoms with Gasteiger partial charge >= 0.3 is 33.9 Å². The second-order valence-electron chi connectivity index (χ2n) is 25.0. The summed E-state index contributed by atoms with van der Waals surface area (Å²) in [6, 6.07) is 47.3. The zero-order valence-corrected chi connectivity index (χ0v) is 57.2. The molecular weight excluding hydrogens is 1360 g/mol. The molecule has 0 aliphatic carbocycles. The SMILES string of the molecule is Cn1nncc1-c1ccc(-c2ccc3c(c2)C[C@H]2[C@H](CO)OC(=O)N32)cn1.Cn1nncc1-c1ccc(-c2ccc3c(c2)C[C@H]2[C@H](COP(=O)(O)O)OC(=O)N32)cn1.Cn1nncc1-c1ccc(-c2ccc3c(c2)C[C@H]2[C@H](COP(=O)(OCc4ccccc4)OCc4ccccc4)OC(=O)N32)cn1.[HH]. The second-order valence-corrected chi connectivity index (χ2v) is 27.9. The standard InChI is InChI=1S/C33H30N5O6P.C19H18N5O6P.C19H17N5O3.H2/c1-37-31(19-35-36-37)28-14-12-26(18-34-28)25-13-15-29-27(16-25)17-30-32(44-33(39)38(29)30)22-43-45(40,41-20-23-8-4-2-5-9-23)42-21-24-10-6-3-7-11-24;1-23-17(9-21-22-23)14-4-2-12(8-20-14)11-3-5-15-13(6-11)7-16-18(10-29-31(26,27)28)30-19(25)24(15)16;1-23-17(9-21-22-23)14-4-2-12(8-20-14)11-3-5-15-13(6-11)7-16-18(10-25)27-19(26)24(15)16;/h2-16,18-19,30,32H,17,20-22H2,1H3;2-6,8-9,16,18H,7,10H2,1H3,(H2,26,27,28);2-6,8-9,16,18,25H,7,10H2,1H3;1H/t30-,32-;2*16-,18-;/m000./s1. The molecule has 6 aromatic heterocycles. The van der Waals surface area contributed by atoms with Gasteiger partial charge < -0.3 is 29.1 Å². The Kier molecular flexibility index (Phi) is 18.7. The van der Waals surface area contributed by atoms with Crippen molar-refractivity contribution in [3.8, 4) is 67.5 Å². The monoisotopic (exact) mass is 1430 g/mol. The Bertz CT molecular complexity index is 5030. The fourth-order valence-corrected chi connectivity index (χ4v) is 14.9. The van der Waals surface area contributed by atoms with Crippen molar-refractivity contribution in [3.05, 3.63) is 217 Å². The molecular formula is C71H67N15O15P2. The molecule has 3 fully saturated rings. The first-order valence-corrected chi connectivity index (χ1v) is 35.7. The number of phosphoric acid groups is 2. The third-order valence-corrected chi connectivity index (χ3v) is 20.4. The summed E-state index contributed by atoms with van der Waals surface area (Å²) >= 11 is 0. The predicted octanol–water partition coefficient (Wildman–Crippen LogP) is 10.3. The minimum Gasteiger partial charge on any atom is -0.441 e. The van der Waals surface area contributed by atoms with Gasteiger partial charge in [-0.3, -0.25) is 47.7 Å². The normalized spacial score (nSPS) is 18.9. The Hall–Kier alpha value is -11.0. The van der Waals surface area contributed by atoms with Crippen molar-refractivity contribution in [2.45, 2.75) is 68.9 Å². The molecule has 30 nitrogen and oxygen atoms in total. The Balaban J connectivity index is 0.000000136. The van der Waals surface area contributed by atoms with Crippen molar-refractivity contribution in [1.82, 2.24) is 59.9 Å². The Morgan fingerprint density at radius 3 is 1.10 bits per heavy atom. The number of aromatic nitrogens is 12. The molecule has 12 heterocycles. The first-order chi connectivity index (χ1) is 49.9. The second kappa shape index (κ2) is 28.4. The number of rotatable bonds is 19. The van der Waals surface area contributed by atoms with Gasteiger partial charge in [0.25, 0.3) is 0 Å². The third kappa shape index (κ3) is 14.1. The van der Waals surface area contributed by atoms with Crippen LogP contribution in [0.25, 0.3) is 67.5 Å². The smallest absolute Gasteiger partial charge is 0.441 e. The number of phosphoric ester groups is 2. The highest BCUT2D eigenvalue weighted by molar-refractivity contribution is 7.48. The number of hydrogen-bond acceptors (Lipinski definition) is 22. The molecule has 0 unspecified atom stereocenters. The first-order valence-electron chi connectivity index (χ1n) is 32.7. The number of benzene rings is 5. The molecule has 3 saturated heterocycles. The van der Waals surface area contributed by atoms with E-state index in [0.29, 0.717) is 19.3 Å². The van der Waals surface area contributed by atoms with Gasteiger partial charge in [-0.05, 0) is 118 Å². The maximum Gasteiger partial charge on any atom is 0.475 e. The fourth-order valence-electron chi connectivity index (χ4n) is 13.4. The number of pyridine rings is 3. The van der Waals surface area contributed by atoms with E-state index in [1.807, 2.05) is 166 Å². The Morgan fingerprint density at radius 1 is 0.437 bits per heavy atom. The van der Waals surface area contributed by atoms with Crippen molar-refractivity contribution < 1.29 is 72.1 Å². The number of amides is 3. The average Bonchev–Trinajstić information content (AvgIpc) is 1.61. The number of anilines is 3. The number of aliphatic hydroxyl groups excluding tert-OH is 1. The lowest BCUT2D eigenvalue weighted by molar-refractivity contribution is 0.0515. The van der Waals surface area contributed by atoms with E-state index >= 15 is 0 Å². The number of ether oxygens (including phenoxy) is 3. The number of carbonyl (C=O) groups is 3. The number of aliphatic hydroxyl groups is 1. The van der Waals surface area contributed by atoms with Crippen LogP contribution in [0, 0.1) is 0 Å². The van der Waals surface area contributed by atoms with Gasteiger partial charge in [-0.2, -0.15) is 0 Å². The number of fused-ring (bicyclic) bond motifs is 9. The van der Waals surface area contributed by atoms with Crippen LogP contribution in [0.1, 0.15) is 29.2 Å². The van der Waals surface area contributed by atoms with Gasteiger partial charge in [-0.1, -0.05) is 113 Å². The zero-order valence-electron chi connectivity index (χ0n) is 55.4. The molecule has 6 atom stereocenters. The van der Waals surface area contributed by atoms with E-state index < -0.39 is 46.1 Å². The summed E-state index contributed by atoms with van der Waals surface area (Å²) in [7, 11) is -3.23. The van der Waals surface area contributed by atoms with Crippen molar-refractivity contribution in [3.63, 3.8) is 0 Å². The molecule has 526 valence electrons. The average molecular weight is 1430 g/mol. The minimum atomic E-state index is -4.65. The third-order valence-electron chi connectivity index (χ3n) is 18.6. The molecule has 32 heteroatoms.